The van der Waals surface area contributed by atoms with E-state index in [1.165, 1.54) is 0 Å². The summed E-state index contributed by atoms with van der Waals surface area (Å²) in [6.45, 7) is 5.03. The second-order valence-electron chi connectivity index (χ2n) is 6.82. The zero-order valence-electron chi connectivity index (χ0n) is 14.4. The van der Waals surface area contributed by atoms with Crippen LogP contribution in [0.5, 0.6) is 0 Å². The van der Waals surface area contributed by atoms with Crippen molar-refractivity contribution in [1.29, 1.82) is 0 Å². The molecule has 7 heteroatoms. The summed E-state index contributed by atoms with van der Waals surface area (Å²) >= 11 is 6.06. The van der Waals surface area contributed by atoms with Crippen molar-refractivity contribution in [3.8, 4) is 0 Å². The molecule has 25 heavy (non-hydrogen) atoms. The SMILES string of the molecule is NC(=O)[C@@H]1CCCN(C(=O)CN2CCN(c3cccc(Cl)c3)CC2)C1. The minimum atomic E-state index is -0.298. The maximum atomic E-state index is 12.5. The summed E-state index contributed by atoms with van der Waals surface area (Å²) in [4.78, 5) is 30.2. The van der Waals surface area contributed by atoms with Gasteiger partial charge in [-0.1, -0.05) is 17.7 Å². The number of anilines is 1. The van der Waals surface area contributed by atoms with Gasteiger partial charge < -0.3 is 15.5 Å². The fourth-order valence-corrected chi connectivity index (χ4v) is 3.75. The fraction of sp³-hybridized carbons (Fsp3) is 0.556. The third kappa shape index (κ3) is 4.64. The number of amides is 2. The van der Waals surface area contributed by atoms with Crippen molar-refractivity contribution < 1.29 is 9.59 Å². The summed E-state index contributed by atoms with van der Waals surface area (Å²) in [5.41, 5.74) is 6.52. The fourth-order valence-electron chi connectivity index (χ4n) is 3.56. The molecule has 2 saturated heterocycles. The average molecular weight is 365 g/mol. The Balaban J connectivity index is 1.48. The highest BCUT2D eigenvalue weighted by atomic mass is 35.5. The molecule has 1 aromatic carbocycles. The van der Waals surface area contributed by atoms with Crippen LogP contribution in [0.3, 0.4) is 0 Å². The molecular formula is C18H25ClN4O2. The van der Waals surface area contributed by atoms with E-state index in [1.54, 1.807) is 4.90 Å². The molecule has 2 heterocycles. The molecule has 0 radical (unpaired) electrons. The number of hydrogen-bond acceptors (Lipinski definition) is 4. The first-order valence-electron chi connectivity index (χ1n) is 8.83. The van der Waals surface area contributed by atoms with Gasteiger partial charge in [-0.05, 0) is 31.0 Å². The largest absolute Gasteiger partial charge is 0.369 e. The zero-order chi connectivity index (χ0) is 17.8. The first-order chi connectivity index (χ1) is 12.0. The van der Waals surface area contributed by atoms with Gasteiger partial charge in [-0.3, -0.25) is 14.5 Å². The first kappa shape index (κ1) is 18.0. The van der Waals surface area contributed by atoms with Crippen molar-refractivity contribution in [3.63, 3.8) is 0 Å². The summed E-state index contributed by atoms with van der Waals surface area (Å²) in [6, 6.07) is 7.86. The van der Waals surface area contributed by atoms with Gasteiger partial charge in [0.05, 0.1) is 12.5 Å². The Morgan fingerprint density at radius 1 is 1.16 bits per heavy atom. The molecule has 0 aromatic heterocycles. The van der Waals surface area contributed by atoms with Crippen molar-refractivity contribution in [2.24, 2.45) is 11.7 Å². The van der Waals surface area contributed by atoms with Crippen molar-refractivity contribution in [1.82, 2.24) is 9.80 Å². The van der Waals surface area contributed by atoms with E-state index in [4.69, 9.17) is 17.3 Å². The second-order valence-corrected chi connectivity index (χ2v) is 7.26. The van der Waals surface area contributed by atoms with E-state index in [0.29, 0.717) is 13.1 Å². The number of nitrogens with two attached hydrogens (primary N) is 1. The van der Waals surface area contributed by atoms with Gasteiger partial charge >= 0.3 is 0 Å². The molecule has 1 atom stereocenters. The minimum absolute atomic E-state index is 0.0992. The van der Waals surface area contributed by atoms with Crippen LogP contribution in [-0.4, -0.2) is 67.4 Å². The number of hydrogen-bond donors (Lipinski definition) is 1. The predicted octanol–water partition coefficient (Wildman–Crippen LogP) is 1.19. The van der Waals surface area contributed by atoms with Crippen LogP contribution in [0.4, 0.5) is 5.69 Å². The van der Waals surface area contributed by atoms with Crippen LogP contribution in [-0.2, 0) is 9.59 Å². The Kier molecular flexibility index (Phi) is 5.81. The highest BCUT2D eigenvalue weighted by Gasteiger charge is 2.28. The molecular weight excluding hydrogens is 340 g/mol. The Bertz CT molecular complexity index is 631. The summed E-state index contributed by atoms with van der Waals surface area (Å²) in [6.07, 6.45) is 1.64. The van der Waals surface area contributed by atoms with E-state index >= 15 is 0 Å². The minimum Gasteiger partial charge on any atom is -0.369 e. The van der Waals surface area contributed by atoms with E-state index < -0.39 is 0 Å². The van der Waals surface area contributed by atoms with E-state index in [-0.39, 0.29) is 17.7 Å². The second kappa shape index (κ2) is 8.06. The molecule has 0 spiro atoms. The summed E-state index contributed by atoms with van der Waals surface area (Å²) in [5.74, 6) is -0.396. The highest BCUT2D eigenvalue weighted by Crippen LogP contribution is 2.21. The monoisotopic (exact) mass is 364 g/mol. The number of nitrogens with zero attached hydrogens (tertiary/aromatic N) is 3. The van der Waals surface area contributed by atoms with Gasteiger partial charge in [-0.2, -0.15) is 0 Å². The van der Waals surface area contributed by atoms with Crippen molar-refractivity contribution in [2.75, 3.05) is 50.7 Å². The molecule has 1 aromatic rings. The van der Waals surface area contributed by atoms with Crippen LogP contribution in [0.25, 0.3) is 0 Å². The van der Waals surface area contributed by atoms with Gasteiger partial charge in [0, 0.05) is 50.0 Å². The molecule has 0 aliphatic carbocycles. The van der Waals surface area contributed by atoms with Gasteiger partial charge in [-0.25, -0.2) is 0 Å². The Morgan fingerprint density at radius 2 is 1.92 bits per heavy atom. The number of piperidine rings is 1. The van der Waals surface area contributed by atoms with E-state index in [0.717, 1.165) is 56.3 Å². The Hall–Kier alpha value is -1.79. The third-order valence-corrected chi connectivity index (χ3v) is 5.32. The Labute approximate surface area is 153 Å². The van der Waals surface area contributed by atoms with Gasteiger partial charge in [0.15, 0.2) is 0 Å². The molecule has 0 unspecified atom stereocenters. The van der Waals surface area contributed by atoms with Crippen molar-refractivity contribution in [2.45, 2.75) is 12.8 Å². The predicted molar refractivity (Wildman–Crippen MR) is 98.6 cm³/mol. The van der Waals surface area contributed by atoms with Gasteiger partial charge in [0.25, 0.3) is 0 Å². The van der Waals surface area contributed by atoms with Crippen LogP contribution in [0.1, 0.15) is 12.8 Å². The van der Waals surface area contributed by atoms with E-state index in [9.17, 15) is 9.59 Å². The average Bonchev–Trinajstić information content (AvgIpc) is 2.62. The molecule has 3 rings (SSSR count). The number of primary amides is 1. The van der Waals surface area contributed by atoms with Crippen molar-refractivity contribution in [3.05, 3.63) is 29.3 Å². The molecule has 2 aliphatic rings. The van der Waals surface area contributed by atoms with Crippen LogP contribution in [0, 0.1) is 5.92 Å². The number of carbonyl (C=O) groups is 2. The standard InChI is InChI=1S/C18H25ClN4O2/c19-15-4-1-5-16(11-15)22-9-7-21(8-10-22)13-17(24)23-6-2-3-14(12-23)18(20)25/h1,4-5,11,14H,2-3,6-10,12-13H2,(H2,20,25)/t14-/m1/s1. The van der Waals surface area contributed by atoms with Gasteiger partial charge in [0.2, 0.25) is 11.8 Å². The number of benzene rings is 1. The van der Waals surface area contributed by atoms with E-state index in [1.807, 2.05) is 18.2 Å². The van der Waals surface area contributed by atoms with Crippen LogP contribution < -0.4 is 10.6 Å². The summed E-state index contributed by atoms with van der Waals surface area (Å²) < 4.78 is 0. The smallest absolute Gasteiger partial charge is 0.236 e. The third-order valence-electron chi connectivity index (χ3n) is 5.08. The number of halogens is 1. The number of piperazine rings is 1. The Morgan fingerprint density at radius 3 is 2.60 bits per heavy atom. The van der Waals surface area contributed by atoms with Crippen molar-refractivity contribution >= 4 is 29.1 Å². The lowest BCUT2D eigenvalue weighted by Gasteiger charge is -2.37. The summed E-state index contributed by atoms with van der Waals surface area (Å²) in [5, 5.41) is 0.740. The first-order valence-corrected chi connectivity index (χ1v) is 9.20. The zero-order valence-corrected chi connectivity index (χ0v) is 15.1. The molecule has 2 N–H and O–H groups in total. The van der Waals surface area contributed by atoms with Gasteiger partial charge in [-0.15, -0.1) is 0 Å². The highest BCUT2D eigenvalue weighted by molar-refractivity contribution is 6.30. The molecule has 2 aliphatic heterocycles. The quantitative estimate of drug-likeness (QED) is 0.871. The van der Waals surface area contributed by atoms with Crippen LogP contribution >= 0.6 is 11.6 Å². The molecule has 2 amide bonds. The normalized spacial score (nSPS) is 22.0. The lowest BCUT2D eigenvalue weighted by Crippen LogP contribution is -2.52. The van der Waals surface area contributed by atoms with Gasteiger partial charge in [0.1, 0.15) is 0 Å². The van der Waals surface area contributed by atoms with Crippen LogP contribution in [0.15, 0.2) is 24.3 Å². The topological polar surface area (TPSA) is 69.9 Å². The molecule has 2 fully saturated rings. The lowest BCUT2D eigenvalue weighted by atomic mass is 9.97. The number of likely N-dealkylation sites (tertiary alicyclic amines) is 1. The van der Waals surface area contributed by atoms with E-state index in [2.05, 4.69) is 15.9 Å². The molecule has 136 valence electrons. The molecule has 6 nitrogen and oxygen atoms in total. The lowest BCUT2D eigenvalue weighted by molar-refractivity contribution is -0.136. The number of rotatable bonds is 4. The van der Waals surface area contributed by atoms with Crippen LogP contribution in [0.2, 0.25) is 5.02 Å². The number of carbonyl (C=O) groups excluding carboxylic acids is 2. The molecule has 0 saturated carbocycles. The molecule has 0 bridgehead atoms. The maximum absolute atomic E-state index is 12.5. The maximum Gasteiger partial charge on any atom is 0.236 e. The summed E-state index contributed by atoms with van der Waals surface area (Å²) in [7, 11) is 0.